The molecular formula is C13H11NO. The summed E-state index contributed by atoms with van der Waals surface area (Å²) in [5.74, 6) is 0. The lowest BCUT2D eigenvalue weighted by atomic mass is 10.2. The predicted octanol–water partition coefficient (Wildman–Crippen LogP) is 2.95. The molecule has 0 radical (unpaired) electrons. The lowest BCUT2D eigenvalue weighted by Crippen LogP contribution is -1.97. The van der Waals surface area contributed by atoms with E-state index in [1.165, 1.54) is 0 Å². The van der Waals surface area contributed by atoms with Crippen molar-refractivity contribution < 1.29 is 4.74 Å². The smallest absolute Gasteiger partial charge is 0.216 e. The van der Waals surface area contributed by atoms with Gasteiger partial charge >= 0.3 is 0 Å². The summed E-state index contributed by atoms with van der Waals surface area (Å²) in [5.41, 5.74) is 1.54. The molecule has 15 heavy (non-hydrogen) atoms. The van der Waals surface area contributed by atoms with E-state index in [0.717, 1.165) is 10.3 Å². The Morgan fingerprint density at radius 1 is 0.800 bits per heavy atom. The number of hydrogen-bond donors (Lipinski definition) is 0. The van der Waals surface area contributed by atoms with Crippen LogP contribution in [0.1, 0.15) is 5.56 Å². The molecule has 0 atom stereocenters. The van der Waals surface area contributed by atoms with Crippen LogP contribution in [-0.2, 0) is 0 Å². The van der Waals surface area contributed by atoms with E-state index in [9.17, 15) is 5.21 Å². The van der Waals surface area contributed by atoms with Gasteiger partial charge < -0.3 is 5.21 Å². The van der Waals surface area contributed by atoms with E-state index in [0.29, 0.717) is 5.69 Å². The molecule has 0 unspecified atom stereocenters. The Morgan fingerprint density at radius 2 is 1.33 bits per heavy atom. The first-order valence-electron chi connectivity index (χ1n) is 4.77. The highest BCUT2D eigenvalue weighted by Crippen LogP contribution is 2.09. The lowest BCUT2D eigenvalue weighted by molar-refractivity contribution is -0.354. The molecule has 0 aliphatic rings. The molecule has 0 aliphatic heterocycles. The second kappa shape index (κ2) is 4.42. The number of hydrogen-bond acceptors (Lipinski definition) is 1. The van der Waals surface area contributed by atoms with Gasteiger partial charge in [0.15, 0.2) is 6.21 Å². The third-order valence-electron chi connectivity index (χ3n) is 2.08. The summed E-state index contributed by atoms with van der Waals surface area (Å²) in [4.78, 5) is 0. The fourth-order valence-corrected chi connectivity index (χ4v) is 1.32. The average molecular weight is 197 g/mol. The van der Waals surface area contributed by atoms with Crippen LogP contribution in [0.2, 0.25) is 0 Å². The van der Waals surface area contributed by atoms with Crippen LogP contribution >= 0.6 is 0 Å². The Balaban J connectivity index is 2.29. The van der Waals surface area contributed by atoms with Crippen molar-refractivity contribution in [3.05, 3.63) is 71.4 Å². The third kappa shape index (κ3) is 2.44. The van der Waals surface area contributed by atoms with Gasteiger partial charge in [-0.2, -0.15) is 4.74 Å². The molecule has 0 heterocycles. The molecule has 0 saturated heterocycles. The third-order valence-corrected chi connectivity index (χ3v) is 2.08. The Bertz CT molecular complexity index is 448. The van der Waals surface area contributed by atoms with E-state index < -0.39 is 0 Å². The number of benzene rings is 2. The van der Waals surface area contributed by atoms with Crippen LogP contribution in [0.3, 0.4) is 0 Å². The number of para-hydroxylation sites is 1. The van der Waals surface area contributed by atoms with Crippen LogP contribution in [0.15, 0.2) is 60.7 Å². The number of rotatable bonds is 2. The lowest BCUT2D eigenvalue weighted by Gasteiger charge is -2.01. The summed E-state index contributed by atoms with van der Waals surface area (Å²) < 4.78 is 0.870. The maximum atomic E-state index is 11.7. The Labute approximate surface area is 88.7 Å². The first-order valence-corrected chi connectivity index (χ1v) is 4.77. The molecule has 2 aromatic carbocycles. The van der Waals surface area contributed by atoms with Crippen LogP contribution in [0.25, 0.3) is 0 Å². The van der Waals surface area contributed by atoms with E-state index in [1.807, 2.05) is 48.5 Å². The van der Waals surface area contributed by atoms with Gasteiger partial charge in [-0.15, -0.1) is 0 Å². The highest BCUT2D eigenvalue weighted by atomic mass is 16.5. The van der Waals surface area contributed by atoms with Crippen molar-refractivity contribution in [3.8, 4) is 0 Å². The summed E-state index contributed by atoms with van der Waals surface area (Å²) in [5, 5.41) is 11.7. The van der Waals surface area contributed by atoms with Gasteiger partial charge in [-0.3, -0.25) is 0 Å². The zero-order valence-electron chi connectivity index (χ0n) is 8.21. The van der Waals surface area contributed by atoms with Crippen molar-refractivity contribution in [2.45, 2.75) is 0 Å². The molecule has 2 heteroatoms. The fourth-order valence-electron chi connectivity index (χ4n) is 1.32. The molecule has 0 spiro atoms. The molecule has 0 aromatic heterocycles. The number of nitrogens with zero attached hydrogens (tertiary/aromatic N) is 1. The van der Waals surface area contributed by atoms with Crippen LogP contribution in [0, 0.1) is 5.21 Å². The highest BCUT2D eigenvalue weighted by Gasteiger charge is 1.98. The minimum absolute atomic E-state index is 0.640. The van der Waals surface area contributed by atoms with E-state index >= 15 is 0 Å². The maximum Gasteiger partial charge on any atom is 0.216 e. The van der Waals surface area contributed by atoms with E-state index in [-0.39, 0.29) is 0 Å². The van der Waals surface area contributed by atoms with Gasteiger partial charge in [-0.1, -0.05) is 36.4 Å². The highest BCUT2D eigenvalue weighted by molar-refractivity contribution is 5.76. The minimum atomic E-state index is 0.640. The predicted molar refractivity (Wildman–Crippen MR) is 61.3 cm³/mol. The summed E-state index contributed by atoms with van der Waals surface area (Å²) in [6.07, 6.45) is 1.56. The average Bonchev–Trinajstić information content (AvgIpc) is 2.31. The van der Waals surface area contributed by atoms with Crippen LogP contribution in [0.5, 0.6) is 0 Å². The van der Waals surface area contributed by atoms with Gasteiger partial charge in [0.2, 0.25) is 5.69 Å². The normalized spacial score (nSPS) is 11.3. The Hall–Kier alpha value is -2.09. The molecule has 0 bridgehead atoms. The summed E-state index contributed by atoms with van der Waals surface area (Å²) in [6.45, 7) is 0. The molecule has 2 nitrogen and oxygen atoms in total. The van der Waals surface area contributed by atoms with Gasteiger partial charge in [0.1, 0.15) is 0 Å². The van der Waals surface area contributed by atoms with Crippen molar-refractivity contribution in [3.63, 3.8) is 0 Å². The molecule has 0 saturated carbocycles. The Morgan fingerprint density at radius 3 is 1.93 bits per heavy atom. The van der Waals surface area contributed by atoms with Crippen molar-refractivity contribution in [1.29, 1.82) is 0 Å². The van der Waals surface area contributed by atoms with Crippen molar-refractivity contribution in [1.82, 2.24) is 0 Å². The standard InChI is InChI=1S/C13H11NO/c15-14(13-9-5-2-6-10-13)11-12-7-3-1-4-8-12/h1-11H/b14-11-. The maximum absolute atomic E-state index is 11.7. The first kappa shape index (κ1) is 9.46. The summed E-state index contributed by atoms with van der Waals surface area (Å²) in [7, 11) is 0. The van der Waals surface area contributed by atoms with Gasteiger partial charge in [-0.05, 0) is 12.1 Å². The largest absolute Gasteiger partial charge is 0.618 e. The van der Waals surface area contributed by atoms with Crippen molar-refractivity contribution in [2.75, 3.05) is 0 Å². The molecule has 2 rings (SSSR count). The van der Waals surface area contributed by atoms with Gasteiger partial charge in [-0.25, -0.2) is 0 Å². The van der Waals surface area contributed by atoms with Gasteiger partial charge in [0.05, 0.1) is 0 Å². The summed E-state index contributed by atoms with van der Waals surface area (Å²) in [6, 6.07) is 18.7. The van der Waals surface area contributed by atoms with Crippen LogP contribution in [-0.4, -0.2) is 11.0 Å². The zero-order valence-corrected chi connectivity index (χ0v) is 8.21. The quantitative estimate of drug-likeness (QED) is 0.314. The van der Waals surface area contributed by atoms with E-state index in [2.05, 4.69) is 0 Å². The molecule has 0 fully saturated rings. The van der Waals surface area contributed by atoms with Crippen LogP contribution < -0.4 is 0 Å². The molecule has 74 valence electrons. The van der Waals surface area contributed by atoms with E-state index in [1.54, 1.807) is 18.3 Å². The van der Waals surface area contributed by atoms with Crippen LogP contribution in [0.4, 0.5) is 5.69 Å². The molecule has 2 aromatic rings. The fraction of sp³-hybridized carbons (Fsp3) is 0. The minimum Gasteiger partial charge on any atom is -0.618 e. The van der Waals surface area contributed by atoms with E-state index in [4.69, 9.17) is 0 Å². The first-order chi connectivity index (χ1) is 7.36. The van der Waals surface area contributed by atoms with Gasteiger partial charge in [0, 0.05) is 17.7 Å². The second-order valence-corrected chi connectivity index (χ2v) is 3.20. The topological polar surface area (TPSA) is 26.1 Å². The van der Waals surface area contributed by atoms with Crippen molar-refractivity contribution >= 4 is 11.9 Å². The van der Waals surface area contributed by atoms with Crippen molar-refractivity contribution in [2.24, 2.45) is 0 Å². The molecule has 0 amide bonds. The Kier molecular flexibility index (Phi) is 2.79. The SMILES string of the molecule is [O-]/[N+](=C\c1ccccc1)c1ccccc1. The molecular weight excluding hydrogens is 186 g/mol. The van der Waals surface area contributed by atoms with Gasteiger partial charge in [0.25, 0.3) is 0 Å². The zero-order chi connectivity index (χ0) is 10.5. The summed E-state index contributed by atoms with van der Waals surface area (Å²) >= 11 is 0. The molecule has 0 aliphatic carbocycles. The second-order valence-electron chi connectivity index (χ2n) is 3.20. The molecule has 0 N–H and O–H groups in total. The monoisotopic (exact) mass is 197 g/mol.